The third-order valence-electron chi connectivity index (χ3n) is 2.02. The zero-order chi connectivity index (χ0) is 13.1. The number of pyridine rings is 1. The van der Waals surface area contributed by atoms with Crippen molar-refractivity contribution in [3.63, 3.8) is 0 Å². The van der Waals surface area contributed by atoms with Gasteiger partial charge in [0, 0.05) is 18.9 Å². The van der Waals surface area contributed by atoms with Crippen LogP contribution in [0, 0.1) is 5.92 Å². The monoisotopic (exact) mass is 256 g/mol. The second-order valence-electron chi connectivity index (χ2n) is 4.33. The first-order valence-corrected chi connectivity index (χ1v) is 7.13. The lowest BCUT2D eigenvalue weighted by Crippen LogP contribution is -2.14. The first-order chi connectivity index (χ1) is 7.79. The van der Waals surface area contributed by atoms with Crippen LogP contribution < -0.4 is 5.32 Å². The number of hydrogen-bond acceptors (Lipinski definition) is 4. The van der Waals surface area contributed by atoms with Gasteiger partial charge >= 0.3 is 0 Å². The van der Waals surface area contributed by atoms with Gasteiger partial charge in [0.25, 0.3) is 0 Å². The quantitative estimate of drug-likeness (QED) is 0.885. The minimum absolute atomic E-state index is 0.0971. The van der Waals surface area contributed by atoms with E-state index in [1.54, 1.807) is 0 Å². The normalized spacial score (nSPS) is 11.5. The number of rotatable bonds is 4. The number of amides is 1. The second-order valence-corrected chi connectivity index (χ2v) is 6.34. The molecule has 1 heterocycles. The van der Waals surface area contributed by atoms with Crippen molar-refractivity contribution < 1.29 is 13.2 Å². The number of carbonyl (C=O) groups excluding carboxylic acids is 1. The van der Waals surface area contributed by atoms with Gasteiger partial charge in [0.15, 0.2) is 9.84 Å². The molecule has 0 radical (unpaired) electrons. The van der Waals surface area contributed by atoms with Gasteiger partial charge in [0.1, 0.15) is 0 Å². The van der Waals surface area contributed by atoms with E-state index in [0.29, 0.717) is 12.1 Å². The lowest BCUT2D eigenvalue weighted by atomic mass is 10.1. The average molecular weight is 256 g/mol. The minimum atomic E-state index is -3.30. The standard InChI is InChI=1S/C11H16N2O3S/c1-8(2)4-11(14)13-9-5-10(7-12-6-9)17(3,15)16/h5-8H,4H2,1-3H3,(H,13,14). The molecule has 0 saturated carbocycles. The Labute approximate surface area is 101 Å². The molecule has 0 saturated heterocycles. The Balaban J connectivity index is 2.83. The first-order valence-electron chi connectivity index (χ1n) is 5.24. The van der Waals surface area contributed by atoms with E-state index < -0.39 is 9.84 Å². The number of hydrogen-bond donors (Lipinski definition) is 1. The molecule has 1 amide bonds. The van der Waals surface area contributed by atoms with E-state index in [-0.39, 0.29) is 16.7 Å². The third kappa shape index (κ3) is 4.52. The number of carbonyl (C=O) groups is 1. The molecule has 0 aliphatic carbocycles. The lowest BCUT2D eigenvalue weighted by molar-refractivity contribution is -0.116. The summed E-state index contributed by atoms with van der Waals surface area (Å²) in [5, 5.41) is 2.62. The Kier molecular flexibility index (Phi) is 4.22. The van der Waals surface area contributed by atoms with Gasteiger partial charge in [-0.05, 0) is 12.0 Å². The van der Waals surface area contributed by atoms with Crippen molar-refractivity contribution in [2.75, 3.05) is 11.6 Å². The average Bonchev–Trinajstić information content (AvgIpc) is 2.15. The molecule has 17 heavy (non-hydrogen) atoms. The van der Waals surface area contributed by atoms with Crippen molar-refractivity contribution in [3.05, 3.63) is 18.5 Å². The molecule has 0 aliphatic rings. The summed E-state index contributed by atoms with van der Waals surface area (Å²) in [4.78, 5) is 15.4. The SMILES string of the molecule is CC(C)CC(=O)Nc1cncc(S(C)(=O)=O)c1. The van der Waals surface area contributed by atoms with Crippen LogP contribution in [0.15, 0.2) is 23.4 Å². The summed E-state index contributed by atoms with van der Waals surface area (Å²) in [5.74, 6) is 0.105. The maximum atomic E-state index is 11.5. The largest absolute Gasteiger partial charge is 0.325 e. The van der Waals surface area contributed by atoms with Gasteiger partial charge in [-0.15, -0.1) is 0 Å². The van der Waals surface area contributed by atoms with Crippen LogP contribution in [0.25, 0.3) is 0 Å². The van der Waals surface area contributed by atoms with Crippen LogP contribution in [0.1, 0.15) is 20.3 Å². The number of sulfone groups is 1. The summed E-state index contributed by atoms with van der Waals surface area (Å²) in [6.07, 6.45) is 4.17. The topological polar surface area (TPSA) is 76.1 Å². The van der Waals surface area contributed by atoms with Gasteiger partial charge in [-0.1, -0.05) is 13.8 Å². The molecule has 0 atom stereocenters. The highest BCUT2D eigenvalue weighted by atomic mass is 32.2. The molecular formula is C11H16N2O3S. The first kappa shape index (κ1) is 13.6. The van der Waals surface area contributed by atoms with E-state index in [9.17, 15) is 13.2 Å². The summed E-state index contributed by atoms with van der Waals surface area (Å²) in [6.45, 7) is 3.87. The fourth-order valence-electron chi connectivity index (χ4n) is 1.27. The van der Waals surface area contributed by atoms with Crippen LogP contribution in [-0.2, 0) is 14.6 Å². The predicted molar refractivity (Wildman–Crippen MR) is 65.4 cm³/mol. The van der Waals surface area contributed by atoms with E-state index in [4.69, 9.17) is 0 Å². The zero-order valence-electron chi connectivity index (χ0n) is 10.1. The van der Waals surface area contributed by atoms with Crippen LogP contribution >= 0.6 is 0 Å². The molecule has 1 N–H and O–H groups in total. The van der Waals surface area contributed by atoms with Gasteiger partial charge in [-0.25, -0.2) is 8.42 Å². The molecule has 0 spiro atoms. The summed E-state index contributed by atoms with van der Waals surface area (Å²) in [6, 6.07) is 1.40. The lowest BCUT2D eigenvalue weighted by Gasteiger charge is -2.07. The molecular weight excluding hydrogens is 240 g/mol. The Bertz CT molecular complexity index is 509. The summed E-state index contributed by atoms with van der Waals surface area (Å²) < 4.78 is 22.6. The van der Waals surface area contributed by atoms with Crippen molar-refractivity contribution >= 4 is 21.4 Å². The molecule has 0 fully saturated rings. The number of nitrogens with one attached hydrogen (secondary N) is 1. The molecule has 1 aromatic heterocycles. The molecule has 0 aromatic carbocycles. The van der Waals surface area contributed by atoms with Gasteiger partial charge in [0.2, 0.25) is 5.91 Å². The predicted octanol–water partition coefficient (Wildman–Crippen LogP) is 1.47. The fraction of sp³-hybridized carbons (Fsp3) is 0.455. The van der Waals surface area contributed by atoms with Crippen molar-refractivity contribution in [1.82, 2.24) is 4.98 Å². The number of nitrogens with zero attached hydrogens (tertiary/aromatic N) is 1. The third-order valence-corrected chi connectivity index (χ3v) is 3.10. The molecule has 5 nitrogen and oxygen atoms in total. The van der Waals surface area contributed by atoms with E-state index in [2.05, 4.69) is 10.3 Å². The zero-order valence-corrected chi connectivity index (χ0v) is 10.9. The molecule has 6 heteroatoms. The smallest absolute Gasteiger partial charge is 0.224 e. The summed E-state index contributed by atoms with van der Waals surface area (Å²) >= 11 is 0. The van der Waals surface area contributed by atoms with E-state index in [1.807, 2.05) is 13.8 Å². The van der Waals surface area contributed by atoms with Gasteiger partial charge in [-0.3, -0.25) is 9.78 Å². The van der Waals surface area contributed by atoms with Crippen LogP contribution in [0.5, 0.6) is 0 Å². The van der Waals surface area contributed by atoms with Crippen molar-refractivity contribution in [2.24, 2.45) is 5.92 Å². The van der Waals surface area contributed by atoms with Gasteiger partial charge in [-0.2, -0.15) is 0 Å². The van der Waals surface area contributed by atoms with Gasteiger partial charge in [0.05, 0.1) is 16.8 Å². The Hall–Kier alpha value is -1.43. The molecule has 0 aliphatic heterocycles. The van der Waals surface area contributed by atoms with Crippen LogP contribution in [0.2, 0.25) is 0 Å². The number of anilines is 1. The Morgan fingerprint density at radius 3 is 2.59 bits per heavy atom. The van der Waals surface area contributed by atoms with E-state index in [1.165, 1.54) is 18.5 Å². The fourth-order valence-corrected chi connectivity index (χ4v) is 1.87. The summed E-state index contributed by atoms with van der Waals surface area (Å²) in [7, 11) is -3.30. The highest BCUT2D eigenvalue weighted by molar-refractivity contribution is 7.90. The number of aromatic nitrogens is 1. The second kappa shape index (κ2) is 5.27. The molecule has 0 unspecified atom stereocenters. The van der Waals surface area contributed by atoms with Crippen molar-refractivity contribution in [1.29, 1.82) is 0 Å². The van der Waals surface area contributed by atoms with E-state index >= 15 is 0 Å². The van der Waals surface area contributed by atoms with Crippen molar-refractivity contribution in [2.45, 2.75) is 25.2 Å². The molecule has 0 bridgehead atoms. The Morgan fingerprint density at radius 1 is 1.41 bits per heavy atom. The van der Waals surface area contributed by atoms with Crippen LogP contribution in [0.4, 0.5) is 5.69 Å². The highest BCUT2D eigenvalue weighted by Crippen LogP contribution is 2.14. The molecule has 1 rings (SSSR count). The van der Waals surface area contributed by atoms with Crippen LogP contribution in [-0.4, -0.2) is 25.6 Å². The maximum absolute atomic E-state index is 11.5. The van der Waals surface area contributed by atoms with Crippen molar-refractivity contribution in [3.8, 4) is 0 Å². The summed E-state index contributed by atoms with van der Waals surface area (Å²) in [5.41, 5.74) is 0.401. The van der Waals surface area contributed by atoms with E-state index in [0.717, 1.165) is 6.26 Å². The van der Waals surface area contributed by atoms with Crippen LogP contribution in [0.3, 0.4) is 0 Å². The minimum Gasteiger partial charge on any atom is -0.325 e. The molecule has 94 valence electrons. The van der Waals surface area contributed by atoms with Gasteiger partial charge < -0.3 is 5.32 Å². The molecule has 1 aromatic rings. The maximum Gasteiger partial charge on any atom is 0.224 e. The Morgan fingerprint density at radius 2 is 2.06 bits per heavy atom. The highest BCUT2D eigenvalue weighted by Gasteiger charge is 2.10.